The van der Waals surface area contributed by atoms with E-state index in [0.29, 0.717) is 6.61 Å². The van der Waals surface area contributed by atoms with Gasteiger partial charge in [-0.2, -0.15) is 0 Å². The molecule has 0 aromatic heterocycles. The summed E-state index contributed by atoms with van der Waals surface area (Å²) in [4.78, 5) is 0. The van der Waals surface area contributed by atoms with Gasteiger partial charge in [-0.1, -0.05) is 25.6 Å². The van der Waals surface area contributed by atoms with Crippen LogP contribution in [-0.2, 0) is 13.6 Å². The van der Waals surface area contributed by atoms with Crippen LogP contribution >= 0.6 is 0 Å². The van der Waals surface area contributed by atoms with E-state index >= 15 is 0 Å². The molecule has 0 fully saturated rings. The lowest BCUT2D eigenvalue weighted by Crippen LogP contribution is -2.55. The Balaban J connectivity index is 5.46. The van der Waals surface area contributed by atoms with Crippen molar-refractivity contribution >= 4 is 24.7 Å². The van der Waals surface area contributed by atoms with Gasteiger partial charge in [-0.05, 0) is 59.0 Å². The van der Waals surface area contributed by atoms with Gasteiger partial charge in [-0.15, -0.1) is 0 Å². The van der Waals surface area contributed by atoms with E-state index < -0.39 is 31.0 Å². The SMILES string of the molecule is CCOC(C#CC(C)(O[Si](C)(C)C)[Si](C)(C)C)O[Si](C)(C)C. The van der Waals surface area contributed by atoms with E-state index in [-0.39, 0.29) is 5.22 Å². The fourth-order valence-electron chi connectivity index (χ4n) is 1.75. The van der Waals surface area contributed by atoms with Crippen LogP contribution in [0.15, 0.2) is 0 Å². The summed E-state index contributed by atoms with van der Waals surface area (Å²) in [6.45, 7) is 24.7. The zero-order valence-corrected chi connectivity index (χ0v) is 19.5. The van der Waals surface area contributed by atoms with Gasteiger partial charge >= 0.3 is 0 Å². The first-order chi connectivity index (χ1) is 9.60. The highest BCUT2D eigenvalue weighted by atomic mass is 28.4. The maximum Gasteiger partial charge on any atom is 0.213 e. The first-order valence-corrected chi connectivity index (χ1v) is 18.4. The second kappa shape index (κ2) is 7.77. The summed E-state index contributed by atoms with van der Waals surface area (Å²) in [6.07, 6.45) is -0.447. The van der Waals surface area contributed by atoms with E-state index in [4.69, 9.17) is 13.6 Å². The van der Waals surface area contributed by atoms with Crippen molar-refractivity contribution in [2.45, 2.75) is 84.3 Å². The van der Waals surface area contributed by atoms with Crippen LogP contribution in [0.2, 0.25) is 58.9 Å². The zero-order valence-electron chi connectivity index (χ0n) is 16.5. The molecule has 0 aromatic rings. The molecule has 0 aliphatic heterocycles. The standard InChI is InChI=1S/C16H36O3Si3/c1-12-17-15(18-21(6,7)8)13-14-16(2,20(3,4)5)19-22(9,10)11/h15H,12H2,1-11H3. The molecule has 6 heteroatoms. The Labute approximate surface area is 141 Å². The maximum absolute atomic E-state index is 6.48. The van der Waals surface area contributed by atoms with Crippen LogP contribution in [0.1, 0.15) is 13.8 Å². The molecule has 0 aliphatic carbocycles. The van der Waals surface area contributed by atoms with Crippen LogP contribution in [-0.4, -0.2) is 42.8 Å². The molecular formula is C16H36O3Si3. The molecule has 0 amide bonds. The smallest absolute Gasteiger partial charge is 0.213 e. The summed E-state index contributed by atoms with van der Waals surface area (Å²) in [6, 6.07) is 0. The van der Waals surface area contributed by atoms with Gasteiger partial charge < -0.3 is 13.6 Å². The van der Waals surface area contributed by atoms with Crippen molar-refractivity contribution < 1.29 is 13.6 Å². The summed E-state index contributed by atoms with van der Waals surface area (Å²) >= 11 is 0. The maximum atomic E-state index is 6.48. The molecule has 3 nitrogen and oxygen atoms in total. The normalized spacial score (nSPS) is 17.4. The summed E-state index contributed by atoms with van der Waals surface area (Å²) in [7, 11) is -5.01. The molecular weight excluding hydrogens is 324 g/mol. The van der Waals surface area contributed by atoms with E-state index in [1.165, 1.54) is 0 Å². The van der Waals surface area contributed by atoms with Crippen LogP contribution in [0.3, 0.4) is 0 Å². The second-order valence-electron chi connectivity index (χ2n) is 8.78. The average molecular weight is 361 g/mol. The van der Waals surface area contributed by atoms with E-state index in [1.54, 1.807) is 0 Å². The van der Waals surface area contributed by atoms with Crippen molar-refractivity contribution in [3.63, 3.8) is 0 Å². The molecule has 130 valence electrons. The van der Waals surface area contributed by atoms with Gasteiger partial charge in [0.1, 0.15) is 5.22 Å². The molecule has 22 heavy (non-hydrogen) atoms. The molecule has 0 radical (unpaired) electrons. The molecule has 2 unspecified atom stereocenters. The van der Waals surface area contributed by atoms with Gasteiger partial charge in [-0.25, -0.2) is 0 Å². The van der Waals surface area contributed by atoms with E-state index in [9.17, 15) is 0 Å². The average Bonchev–Trinajstić information content (AvgIpc) is 2.20. The van der Waals surface area contributed by atoms with Gasteiger partial charge in [-0.3, -0.25) is 0 Å². The number of rotatable bonds is 7. The minimum atomic E-state index is -1.69. The van der Waals surface area contributed by atoms with E-state index in [0.717, 1.165) is 0 Å². The molecule has 0 N–H and O–H groups in total. The third-order valence-electron chi connectivity index (χ3n) is 3.15. The number of hydrogen-bond acceptors (Lipinski definition) is 3. The molecule has 0 saturated carbocycles. The summed E-state index contributed by atoms with van der Waals surface area (Å²) in [5.41, 5.74) is 0. The van der Waals surface area contributed by atoms with Crippen molar-refractivity contribution in [1.29, 1.82) is 0 Å². The van der Waals surface area contributed by atoms with Crippen LogP contribution in [0.5, 0.6) is 0 Å². The minimum Gasteiger partial charge on any atom is -0.405 e. The molecule has 0 bridgehead atoms. The fourth-order valence-corrected chi connectivity index (χ4v) is 6.39. The third kappa shape index (κ3) is 8.65. The lowest BCUT2D eigenvalue weighted by Gasteiger charge is -2.41. The first kappa shape index (κ1) is 22.1. The van der Waals surface area contributed by atoms with Gasteiger partial charge in [0.2, 0.25) is 6.29 Å². The Morgan fingerprint density at radius 1 is 0.909 bits per heavy atom. The molecule has 0 heterocycles. The topological polar surface area (TPSA) is 27.7 Å². The minimum absolute atomic E-state index is 0.379. The lowest BCUT2D eigenvalue weighted by molar-refractivity contribution is -0.0387. The van der Waals surface area contributed by atoms with Crippen LogP contribution < -0.4 is 0 Å². The van der Waals surface area contributed by atoms with Crippen molar-refractivity contribution in [2.75, 3.05) is 6.61 Å². The molecule has 0 saturated heterocycles. The van der Waals surface area contributed by atoms with Gasteiger partial charge in [0.05, 0.1) is 8.07 Å². The summed E-state index contributed by atoms with van der Waals surface area (Å²) < 4.78 is 18.2. The predicted molar refractivity (Wildman–Crippen MR) is 104 cm³/mol. The second-order valence-corrected chi connectivity index (χ2v) is 23.1. The van der Waals surface area contributed by atoms with Crippen molar-refractivity contribution in [2.24, 2.45) is 0 Å². The zero-order chi connectivity index (χ0) is 17.8. The highest BCUT2D eigenvalue weighted by Gasteiger charge is 2.42. The van der Waals surface area contributed by atoms with E-state index in [2.05, 4.69) is 77.7 Å². The summed E-state index contributed by atoms with van der Waals surface area (Å²) in [5, 5.41) is -0.379. The Kier molecular flexibility index (Phi) is 7.81. The molecule has 0 spiro atoms. The fraction of sp³-hybridized carbons (Fsp3) is 0.875. The number of hydrogen-bond donors (Lipinski definition) is 0. The molecule has 0 aromatic carbocycles. The van der Waals surface area contributed by atoms with Crippen molar-refractivity contribution in [3.05, 3.63) is 0 Å². The van der Waals surface area contributed by atoms with Crippen LogP contribution in [0.4, 0.5) is 0 Å². The largest absolute Gasteiger partial charge is 0.405 e. The number of ether oxygens (including phenoxy) is 1. The van der Waals surface area contributed by atoms with Gasteiger partial charge in [0, 0.05) is 6.61 Å². The van der Waals surface area contributed by atoms with Crippen molar-refractivity contribution in [3.8, 4) is 11.8 Å². The highest BCUT2D eigenvalue weighted by molar-refractivity contribution is 6.81. The summed E-state index contributed by atoms with van der Waals surface area (Å²) in [5.74, 6) is 6.62. The predicted octanol–water partition coefficient (Wildman–Crippen LogP) is 4.69. The first-order valence-electron chi connectivity index (χ1n) is 8.12. The Hall–Kier alpha value is 0.0906. The quantitative estimate of drug-likeness (QED) is 0.374. The lowest BCUT2D eigenvalue weighted by atomic mass is 10.4. The van der Waals surface area contributed by atoms with Gasteiger partial charge in [0.25, 0.3) is 0 Å². The van der Waals surface area contributed by atoms with Crippen molar-refractivity contribution in [1.82, 2.24) is 0 Å². The van der Waals surface area contributed by atoms with Crippen LogP contribution in [0, 0.1) is 11.8 Å². The van der Waals surface area contributed by atoms with E-state index in [1.807, 2.05) is 6.92 Å². The van der Waals surface area contributed by atoms with Gasteiger partial charge in [0.15, 0.2) is 16.6 Å². The van der Waals surface area contributed by atoms with Crippen LogP contribution in [0.25, 0.3) is 0 Å². The molecule has 2 atom stereocenters. The Bertz CT molecular complexity index is 408. The molecule has 0 rings (SSSR count). The monoisotopic (exact) mass is 360 g/mol. The Morgan fingerprint density at radius 2 is 1.41 bits per heavy atom. The third-order valence-corrected chi connectivity index (χ3v) is 8.38. The molecule has 0 aliphatic rings. The Morgan fingerprint density at radius 3 is 1.73 bits per heavy atom. The highest BCUT2D eigenvalue weighted by Crippen LogP contribution is 2.28.